The molecule has 4 heteroatoms. The zero-order valence-electron chi connectivity index (χ0n) is 11.6. The molecular weight excluding hydrogens is 240 g/mol. The first kappa shape index (κ1) is 13.9. The monoisotopic (exact) mass is 262 g/mol. The molecule has 4 nitrogen and oxygen atoms in total. The summed E-state index contributed by atoms with van der Waals surface area (Å²) in [5.74, 6) is 0.562. The van der Waals surface area contributed by atoms with E-state index in [1.165, 1.54) is 0 Å². The molecule has 104 valence electrons. The number of carbonyl (C=O) groups is 1. The highest BCUT2D eigenvalue weighted by Crippen LogP contribution is 2.16. The van der Waals surface area contributed by atoms with Crippen molar-refractivity contribution in [1.29, 1.82) is 0 Å². The predicted molar refractivity (Wildman–Crippen MR) is 74.8 cm³/mol. The summed E-state index contributed by atoms with van der Waals surface area (Å²) in [6.45, 7) is 7.18. The first-order chi connectivity index (χ1) is 9.15. The maximum atomic E-state index is 11.8. The van der Waals surface area contributed by atoms with E-state index in [-0.39, 0.29) is 6.09 Å². The highest BCUT2D eigenvalue weighted by molar-refractivity contribution is 5.68. The van der Waals surface area contributed by atoms with Crippen LogP contribution in [0.5, 0.6) is 0 Å². The van der Waals surface area contributed by atoms with Crippen molar-refractivity contribution in [3.8, 4) is 0 Å². The van der Waals surface area contributed by atoms with Gasteiger partial charge in [-0.3, -0.25) is 0 Å². The van der Waals surface area contributed by atoms with E-state index in [4.69, 9.17) is 4.74 Å². The summed E-state index contributed by atoms with van der Waals surface area (Å²) in [4.78, 5) is 13.5. The average molecular weight is 262 g/mol. The fraction of sp³-hybridized carbons (Fsp3) is 0.533. The minimum atomic E-state index is -0.204. The van der Waals surface area contributed by atoms with Crippen molar-refractivity contribution in [2.75, 3.05) is 19.6 Å². The van der Waals surface area contributed by atoms with E-state index >= 15 is 0 Å². The Morgan fingerprint density at radius 1 is 1.37 bits per heavy atom. The lowest BCUT2D eigenvalue weighted by Gasteiger charge is -2.38. The van der Waals surface area contributed by atoms with Gasteiger partial charge in [0.05, 0.1) is 0 Å². The molecule has 0 atom stereocenters. The molecule has 0 bridgehead atoms. The molecule has 0 saturated carbocycles. The Kier molecular flexibility index (Phi) is 4.80. The summed E-state index contributed by atoms with van der Waals surface area (Å²) in [5, 5.41) is 3.39. The number of amides is 1. The Morgan fingerprint density at radius 2 is 2.05 bits per heavy atom. The van der Waals surface area contributed by atoms with E-state index in [0.29, 0.717) is 18.6 Å². The van der Waals surface area contributed by atoms with Crippen LogP contribution in [0.4, 0.5) is 4.79 Å². The maximum Gasteiger partial charge on any atom is 0.410 e. The van der Waals surface area contributed by atoms with E-state index in [0.717, 1.165) is 25.2 Å². The number of hydrogen-bond donors (Lipinski definition) is 1. The molecule has 1 fully saturated rings. The Balaban J connectivity index is 1.64. The van der Waals surface area contributed by atoms with E-state index in [1.807, 2.05) is 30.3 Å². The topological polar surface area (TPSA) is 41.6 Å². The smallest absolute Gasteiger partial charge is 0.410 e. The van der Waals surface area contributed by atoms with Crippen molar-refractivity contribution in [2.45, 2.75) is 26.5 Å². The normalized spacial score (nSPS) is 15.4. The minimum absolute atomic E-state index is 0.204. The van der Waals surface area contributed by atoms with Gasteiger partial charge in [0.15, 0.2) is 0 Å². The largest absolute Gasteiger partial charge is 0.445 e. The summed E-state index contributed by atoms with van der Waals surface area (Å²) in [6, 6.07) is 10.3. The van der Waals surface area contributed by atoms with Gasteiger partial charge in [0.2, 0.25) is 0 Å². The van der Waals surface area contributed by atoms with E-state index < -0.39 is 0 Å². The maximum absolute atomic E-state index is 11.8. The second kappa shape index (κ2) is 6.57. The lowest BCUT2D eigenvalue weighted by molar-refractivity contribution is 0.0491. The molecule has 1 saturated heterocycles. The van der Waals surface area contributed by atoms with Gasteiger partial charge >= 0.3 is 6.09 Å². The second-order valence-corrected chi connectivity index (χ2v) is 5.37. The number of nitrogens with one attached hydrogen (secondary N) is 1. The number of hydrogen-bond acceptors (Lipinski definition) is 3. The van der Waals surface area contributed by atoms with Crippen LogP contribution in [0.3, 0.4) is 0 Å². The summed E-state index contributed by atoms with van der Waals surface area (Å²) >= 11 is 0. The highest BCUT2D eigenvalue weighted by Gasteiger charge is 2.31. The van der Waals surface area contributed by atoms with Crippen LogP contribution in [-0.2, 0) is 11.3 Å². The standard InChI is InChI=1S/C15H22N2O2/c1-12(2)16-8-14-9-17(10-14)15(18)19-11-13-6-4-3-5-7-13/h3-7,12,14,16H,8-11H2,1-2H3. The third kappa shape index (κ3) is 4.24. The number of carbonyl (C=O) groups excluding carboxylic acids is 1. The van der Waals surface area contributed by atoms with Crippen LogP contribution in [0.2, 0.25) is 0 Å². The fourth-order valence-electron chi connectivity index (χ4n) is 2.06. The molecule has 1 N–H and O–H groups in total. The quantitative estimate of drug-likeness (QED) is 0.885. The third-order valence-corrected chi connectivity index (χ3v) is 3.24. The van der Waals surface area contributed by atoms with Crippen LogP contribution >= 0.6 is 0 Å². The van der Waals surface area contributed by atoms with E-state index in [9.17, 15) is 4.79 Å². The van der Waals surface area contributed by atoms with Gasteiger partial charge in [0, 0.05) is 31.6 Å². The zero-order chi connectivity index (χ0) is 13.7. The van der Waals surface area contributed by atoms with Gasteiger partial charge in [-0.25, -0.2) is 4.79 Å². The average Bonchev–Trinajstić information content (AvgIpc) is 2.35. The lowest BCUT2D eigenvalue weighted by Crippen LogP contribution is -2.53. The van der Waals surface area contributed by atoms with Crippen LogP contribution in [0.25, 0.3) is 0 Å². The summed E-state index contributed by atoms with van der Waals surface area (Å²) in [7, 11) is 0. The van der Waals surface area contributed by atoms with Crippen LogP contribution in [0, 0.1) is 5.92 Å². The minimum Gasteiger partial charge on any atom is -0.445 e. The molecule has 19 heavy (non-hydrogen) atoms. The summed E-state index contributed by atoms with van der Waals surface area (Å²) in [6.07, 6.45) is -0.204. The van der Waals surface area contributed by atoms with Crippen LogP contribution < -0.4 is 5.32 Å². The lowest BCUT2D eigenvalue weighted by atomic mass is 10.0. The van der Waals surface area contributed by atoms with Crippen molar-refractivity contribution in [3.63, 3.8) is 0 Å². The molecule has 1 aromatic carbocycles. The molecule has 0 spiro atoms. The molecule has 2 rings (SSSR count). The van der Waals surface area contributed by atoms with Crippen LogP contribution in [0.15, 0.2) is 30.3 Å². The van der Waals surface area contributed by atoms with E-state index in [2.05, 4.69) is 19.2 Å². The Bertz CT molecular complexity index is 400. The van der Waals surface area contributed by atoms with Crippen molar-refractivity contribution in [3.05, 3.63) is 35.9 Å². The van der Waals surface area contributed by atoms with Crippen LogP contribution in [-0.4, -0.2) is 36.7 Å². The molecule has 1 aromatic rings. The number of rotatable bonds is 5. The van der Waals surface area contributed by atoms with Crippen LogP contribution in [0.1, 0.15) is 19.4 Å². The highest BCUT2D eigenvalue weighted by atomic mass is 16.6. The first-order valence-corrected chi connectivity index (χ1v) is 6.84. The Morgan fingerprint density at radius 3 is 2.68 bits per heavy atom. The molecule has 1 aliphatic heterocycles. The molecule has 0 unspecified atom stereocenters. The van der Waals surface area contributed by atoms with Gasteiger partial charge in [0.25, 0.3) is 0 Å². The first-order valence-electron chi connectivity index (χ1n) is 6.84. The molecule has 0 aliphatic carbocycles. The number of nitrogens with zero attached hydrogens (tertiary/aromatic N) is 1. The van der Waals surface area contributed by atoms with Crippen molar-refractivity contribution >= 4 is 6.09 Å². The summed E-state index contributed by atoms with van der Waals surface area (Å²) in [5.41, 5.74) is 1.02. The van der Waals surface area contributed by atoms with Gasteiger partial charge in [-0.15, -0.1) is 0 Å². The number of benzene rings is 1. The molecular formula is C15H22N2O2. The van der Waals surface area contributed by atoms with Gasteiger partial charge in [-0.1, -0.05) is 44.2 Å². The number of ether oxygens (including phenoxy) is 1. The third-order valence-electron chi connectivity index (χ3n) is 3.24. The van der Waals surface area contributed by atoms with Gasteiger partial charge in [0.1, 0.15) is 6.61 Å². The molecule has 0 aromatic heterocycles. The molecule has 1 amide bonds. The fourth-order valence-corrected chi connectivity index (χ4v) is 2.06. The molecule has 0 radical (unpaired) electrons. The van der Waals surface area contributed by atoms with Gasteiger partial charge in [-0.2, -0.15) is 0 Å². The van der Waals surface area contributed by atoms with Gasteiger partial charge < -0.3 is 15.0 Å². The molecule has 1 aliphatic rings. The number of likely N-dealkylation sites (tertiary alicyclic amines) is 1. The summed E-state index contributed by atoms with van der Waals surface area (Å²) < 4.78 is 5.27. The second-order valence-electron chi connectivity index (χ2n) is 5.37. The van der Waals surface area contributed by atoms with Crippen molar-refractivity contribution in [1.82, 2.24) is 10.2 Å². The zero-order valence-corrected chi connectivity index (χ0v) is 11.6. The Labute approximate surface area is 114 Å². The predicted octanol–water partition coefficient (Wildman–Crippen LogP) is 2.25. The van der Waals surface area contributed by atoms with Gasteiger partial charge in [-0.05, 0) is 5.56 Å². The van der Waals surface area contributed by atoms with E-state index in [1.54, 1.807) is 4.90 Å². The Hall–Kier alpha value is -1.55. The SMILES string of the molecule is CC(C)NCC1CN(C(=O)OCc2ccccc2)C1. The van der Waals surface area contributed by atoms with Crippen molar-refractivity contribution in [2.24, 2.45) is 5.92 Å². The molecule has 1 heterocycles. The van der Waals surface area contributed by atoms with Crippen molar-refractivity contribution < 1.29 is 9.53 Å².